The summed E-state index contributed by atoms with van der Waals surface area (Å²) in [6, 6.07) is 33.2. The van der Waals surface area contributed by atoms with E-state index in [-0.39, 0.29) is 5.41 Å². The fourth-order valence-corrected chi connectivity index (χ4v) is 7.43. The molecule has 0 aliphatic heterocycles. The van der Waals surface area contributed by atoms with E-state index >= 15 is 0 Å². The number of phenols is 1. The number of phenolic OH excluding ortho intramolecular Hbond substituents is 1. The van der Waals surface area contributed by atoms with Gasteiger partial charge in [0.1, 0.15) is 5.75 Å². The minimum atomic E-state index is -0.850. The van der Waals surface area contributed by atoms with Gasteiger partial charge in [0.15, 0.2) is 0 Å². The summed E-state index contributed by atoms with van der Waals surface area (Å²) in [5, 5.41) is 11.9. The van der Waals surface area contributed by atoms with E-state index in [0.29, 0.717) is 15.8 Å². The minimum absolute atomic E-state index is 0.238. The Morgan fingerprint density at radius 2 is 1.19 bits per heavy atom. The molecular weight excluding hydrogens is 799 g/mol. The van der Waals surface area contributed by atoms with Crippen LogP contribution in [0.2, 0.25) is 10.0 Å². The molecule has 3 nitrogen and oxygen atoms in total. The summed E-state index contributed by atoms with van der Waals surface area (Å²) in [5.41, 5.74) is 6.88. The molecule has 0 fully saturated rings. The number of aryl methyl sites for hydroxylation is 2. The molecule has 0 atom stereocenters. The summed E-state index contributed by atoms with van der Waals surface area (Å²) in [6.07, 6.45) is 0. The van der Waals surface area contributed by atoms with Crippen molar-refractivity contribution >= 4 is 49.2 Å². The molecule has 0 unspecified atom stereocenters. The maximum absolute atomic E-state index is 10.6. The summed E-state index contributed by atoms with van der Waals surface area (Å²) in [5.74, 6) is 0.311. The molecule has 0 saturated carbocycles. The van der Waals surface area contributed by atoms with E-state index in [4.69, 9.17) is 23.2 Å². The number of hydrogen-bond donors (Lipinski definition) is 1. The van der Waals surface area contributed by atoms with Crippen LogP contribution in [0, 0.1) is 19.3 Å². The summed E-state index contributed by atoms with van der Waals surface area (Å²) in [4.78, 5) is 4.11. The van der Waals surface area contributed by atoms with Crippen LogP contribution in [0.25, 0.3) is 22.3 Å². The van der Waals surface area contributed by atoms with Crippen molar-refractivity contribution in [3.05, 3.63) is 129 Å². The number of benzene rings is 4. The van der Waals surface area contributed by atoms with E-state index in [1.54, 1.807) is 0 Å². The predicted octanol–water partition coefficient (Wildman–Crippen LogP) is 11.5. The van der Waals surface area contributed by atoms with Gasteiger partial charge >= 0.3 is 109 Å². The van der Waals surface area contributed by atoms with Crippen molar-refractivity contribution in [3.63, 3.8) is 0 Å². The monoisotopic (exact) mass is 831 g/mol. The molecule has 0 saturated heterocycles. The van der Waals surface area contributed by atoms with Gasteiger partial charge in [-0.3, -0.25) is 0 Å². The second-order valence-corrected chi connectivity index (χ2v) is 14.6. The van der Waals surface area contributed by atoms with Gasteiger partial charge in [0.05, 0.1) is 0 Å². The maximum atomic E-state index is 10.6. The number of halogens is 3. The van der Waals surface area contributed by atoms with Crippen LogP contribution in [-0.2, 0) is 17.9 Å². The zero-order valence-corrected chi connectivity index (χ0v) is 30.3. The summed E-state index contributed by atoms with van der Waals surface area (Å²) in [6.45, 7) is 10.5. The molecule has 0 aliphatic carbocycles. The Kier molecular flexibility index (Phi) is 13.1. The molecule has 5 aromatic rings. The van der Waals surface area contributed by atoms with Crippen molar-refractivity contribution in [2.24, 2.45) is 8.91 Å². The molecule has 218 valence electrons. The Morgan fingerprint density at radius 3 is 1.57 bits per heavy atom. The third-order valence-electron chi connectivity index (χ3n) is 5.65. The molecule has 0 amide bonds. The second kappa shape index (κ2) is 16.3. The van der Waals surface area contributed by atoms with Crippen LogP contribution in [0.1, 0.15) is 32.2 Å². The number of rotatable bonds is 3. The fourth-order valence-electron chi connectivity index (χ4n) is 3.68. The van der Waals surface area contributed by atoms with Crippen molar-refractivity contribution in [2.75, 3.05) is 0 Å². The predicted molar refractivity (Wildman–Crippen MR) is 180 cm³/mol. The van der Waals surface area contributed by atoms with Crippen LogP contribution in [0.5, 0.6) is 5.75 Å². The molecule has 42 heavy (non-hydrogen) atoms. The number of aromatic hydroxyl groups is 1. The van der Waals surface area contributed by atoms with Gasteiger partial charge in [-0.05, 0) is 23.3 Å². The van der Waals surface area contributed by atoms with E-state index in [0.717, 1.165) is 43.8 Å². The Morgan fingerprint density at radius 1 is 0.738 bits per heavy atom. The topological polar surface area (TPSA) is 46.7 Å². The van der Waals surface area contributed by atoms with Crippen LogP contribution < -0.4 is 4.98 Å². The van der Waals surface area contributed by atoms with E-state index in [1.165, 1.54) is 0 Å². The zero-order valence-electron chi connectivity index (χ0n) is 24.3. The van der Waals surface area contributed by atoms with Crippen LogP contribution >= 0.6 is 39.1 Å². The van der Waals surface area contributed by atoms with Gasteiger partial charge in [-0.15, -0.1) is 0 Å². The molecule has 1 aromatic heterocycles. The van der Waals surface area contributed by atoms with Gasteiger partial charge in [0.2, 0.25) is 0 Å². The van der Waals surface area contributed by atoms with Crippen molar-refractivity contribution in [1.29, 1.82) is 0 Å². The van der Waals surface area contributed by atoms with Crippen molar-refractivity contribution < 1.29 is 23.0 Å². The third kappa shape index (κ3) is 10.9. The molecule has 1 heterocycles. The largest absolute Gasteiger partial charge is 0.665 e. The Hall–Kier alpha value is -2.62. The van der Waals surface area contributed by atoms with Crippen LogP contribution in [0.15, 0.2) is 111 Å². The smallest absolute Gasteiger partial charge is 0.131 e. The molecule has 0 aliphatic rings. The summed E-state index contributed by atoms with van der Waals surface area (Å²) in [7, 11) is 0. The molecule has 7 heteroatoms. The van der Waals surface area contributed by atoms with Gasteiger partial charge in [-0.1, -0.05) is 103 Å². The standard InChI is InChI=1S/C18H13BrO.C6H3Cl2N.C6H8N.C5H10.W/c19-15-11-16(13-7-3-1-4-8-13)18(20)17(12-15)14-9-5-2-6-10-14;7-4-2-1-3-5(8)6(4)9;1-5-3-4-6(2)7-5;1-5(2,3)4;/h1-12,20H;1-3H;3-4H,1-2H3;1H,2-4H3;/q;;-1;;. The maximum Gasteiger partial charge on any atom is 0.131 e. The van der Waals surface area contributed by atoms with Crippen molar-refractivity contribution in [1.82, 2.24) is 4.98 Å². The van der Waals surface area contributed by atoms with Crippen LogP contribution in [0.4, 0.5) is 5.69 Å². The molecular formula is C35H34BrCl2N2OW-. The molecule has 0 bridgehead atoms. The first-order valence-electron chi connectivity index (χ1n) is 13.3. The summed E-state index contributed by atoms with van der Waals surface area (Å²) >= 11 is 14.7. The van der Waals surface area contributed by atoms with E-state index in [9.17, 15) is 5.11 Å². The molecule has 1 N–H and O–H groups in total. The van der Waals surface area contributed by atoms with Crippen molar-refractivity contribution in [2.45, 2.75) is 34.6 Å². The molecule has 5 rings (SSSR count). The Balaban J connectivity index is 0.000000193. The number of nitrogens with zero attached hydrogens (tertiary/aromatic N) is 2. The normalized spacial score (nSPS) is 10.5. The quantitative estimate of drug-likeness (QED) is 0.197. The first kappa shape index (κ1) is 33.9. The molecule has 0 radical (unpaired) electrons. The first-order valence-corrected chi connectivity index (χ1v) is 17.9. The summed E-state index contributed by atoms with van der Waals surface area (Å²) < 4.78 is 7.79. The van der Waals surface area contributed by atoms with Gasteiger partial charge in [0.25, 0.3) is 0 Å². The average molecular weight is 833 g/mol. The third-order valence-corrected chi connectivity index (χ3v) is 10.7. The van der Waals surface area contributed by atoms with Gasteiger partial charge in [-0.2, -0.15) is 11.4 Å². The van der Waals surface area contributed by atoms with Crippen LogP contribution in [0.3, 0.4) is 0 Å². The van der Waals surface area contributed by atoms with E-state index < -0.39 is 17.9 Å². The molecule has 4 aromatic carbocycles. The number of hydrogen-bond acceptors (Lipinski definition) is 2. The molecule has 0 spiro atoms. The average Bonchev–Trinajstić information content (AvgIpc) is 3.34. The minimum Gasteiger partial charge on any atom is -0.665 e. The fraction of sp³-hybridized carbons (Fsp3) is 0.171. The number of aromatic nitrogens is 1. The first-order chi connectivity index (χ1) is 19.9. The Bertz CT molecular complexity index is 1560. The van der Waals surface area contributed by atoms with Crippen molar-refractivity contribution in [3.8, 4) is 28.0 Å². The van der Waals surface area contributed by atoms with Crippen LogP contribution in [-0.4, -0.2) is 9.51 Å². The van der Waals surface area contributed by atoms with Gasteiger partial charge in [-0.25, -0.2) is 0 Å². The van der Waals surface area contributed by atoms with E-state index in [1.807, 2.05) is 117 Å². The van der Waals surface area contributed by atoms with Gasteiger partial charge < -0.3 is 10.1 Å². The van der Waals surface area contributed by atoms with Gasteiger partial charge in [0, 0.05) is 15.6 Å². The Labute approximate surface area is 276 Å². The SMILES string of the molecule is CC(C)(C)[CH]=[W]=[N]c1c(Cl)cccc1Cl.Cc1ccc(C)[n-]1.Oc1c(-c2ccccc2)cc(Br)cc1-c1ccccc1. The zero-order chi connectivity index (χ0) is 30.7. The van der Waals surface area contributed by atoms with E-state index in [2.05, 4.69) is 49.6 Å². The second-order valence-electron chi connectivity index (χ2n) is 10.6.